The highest BCUT2D eigenvalue weighted by molar-refractivity contribution is 6.00. The van der Waals surface area contributed by atoms with Crippen LogP contribution in [0.2, 0.25) is 0 Å². The number of carboxylic acid groups (broad SMARTS) is 1. The number of hydrogen-bond donors (Lipinski definition) is 3. The number of ether oxygens (including phenoxy) is 1. The number of nitrogens with one attached hydrogen (secondary N) is 1. The topological polar surface area (TPSA) is 119 Å². The molecule has 0 radical (unpaired) electrons. The smallest absolute Gasteiger partial charge is 0.335 e. The minimum absolute atomic E-state index is 0. The summed E-state index contributed by atoms with van der Waals surface area (Å²) in [5.41, 5.74) is -1.37. The minimum atomic E-state index is -0.941. The van der Waals surface area contributed by atoms with Gasteiger partial charge >= 0.3 is 5.97 Å². The van der Waals surface area contributed by atoms with Gasteiger partial charge < -0.3 is 30.1 Å². The Kier molecular flexibility index (Phi) is 12.9. The first-order valence-corrected chi connectivity index (χ1v) is 15.8. The zero-order valence-electron chi connectivity index (χ0n) is 25.2. The van der Waals surface area contributed by atoms with E-state index in [0.29, 0.717) is 51.0 Å². The van der Waals surface area contributed by atoms with Crippen LogP contribution in [0.15, 0.2) is 24.3 Å². The van der Waals surface area contributed by atoms with Crippen molar-refractivity contribution >= 4 is 30.2 Å². The normalized spacial score (nSPS) is 22.0. The van der Waals surface area contributed by atoms with E-state index in [1.807, 2.05) is 4.90 Å². The molecule has 2 heterocycles. The van der Waals surface area contributed by atoms with E-state index in [9.17, 15) is 19.5 Å². The number of carbonyl (C=O) groups excluding carboxylic acids is 2. The molecule has 2 aliphatic heterocycles. The van der Waals surface area contributed by atoms with Crippen LogP contribution in [-0.4, -0.2) is 87.8 Å². The van der Waals surface area contributed by atoms with Crippen LogP contribution in [0, 0.1) is 0 Å². The number of benzene rings is 1. The lowest BCUT2D eigenvalue weighted by molar-refractivity contribution is -0.163. The van der Waals surface area contributed by atoms with Gasteiger partial charge in [0, 0.05) is 26.1 Å². The molecule has 0 unspecified atom stereocenters. The first-order chi connectivity index (χ1) is 19.8. The van der Waals surface area contributed by atoms with Crippen LogP contribution in [0.1, 0.15) is 107 Å². The minimum Gasteiger partial charge on any atom is -0.494 e. The monoisotopic (exact) mass is 607 g/mol. The van der Waals surface area contributed by atoms with E-state index in [2.05, 4.69) is 17.1 Å². The highest BCUT2D eigenvalue weighted by atomic mass is 35.5. The van der Waals surface area contributed by atoms with Crippen LogP contribution in [0.3, 0.4) is 0 Å². The van der Waals surface area contributed by atoms with E-state index in [-0.39, 0.29) is 29.8 Å². The first-order valence-electron chi connectivity index (χ1n) is 15.8. The first kappa shape index (κ1) is 34.1. The summed E-state index contributed by atoms with van der Waals surface area (Å²) < 4.78 is 5.73. The fourth-order valence-electron chi connectivity index (χ4n) is 6.77. The van der Waals surface area contributed by atoms with E-state index >= 15 is 0 Å². The molecule has 0 bridgehead atoms. The van der Waals surface area contributed by atoms with Gasteiger partial charge in [-0.05, 0) is 75.8 Å². The van der Waals surface area contributed by atoms with Gasteiger partial charge in [0.25, 0.3) is 0 Å². The number of likely N-dealkylation sites (tertiary alicyclic amines) is 1. The Morgan fingerprint density at radius 3 is 2.26 bits per heavy atom. The predicted molar refractivity (Wildman–Crippen MR) is 164 cm³/mol. The molecule has 2 saturated heterocycles. The largest absolute Gasteiger partial charge is 0.494 e. The summed E-state index contributed by atoms with van der Waals surface area (Å²) in [4.78, 5) is 42.6. The van der Waals surface area contributed by atoms with E-state index in [1.165, 1.54) is 0 Å². The molecule has 3 N–H and O–H groups in total. The lowest BCUT2D eigenvalue weighted by atomic mass is 9.77. The third-order valence-corrected chi connectivity index (χ3v) is 9.33. The van der Waals surface area contributed by atoms with E-state index in [1.54, 1.807) is 24.3 Å². The number of aliphatic hydroxyl groups is 1. The Bertz CT molecular complexity index is 1020. The third-order valence-electron chi connectivity index (χ3n) is 9.33. The van der Waals surface area contributed by atoms with Crippen molar-refractivity contribution in [1.82, 2.24) is 15.1 Å². The van der Waals surface area contributed by atoms with Gasteiger partial charge in [-0.1, -0.05) is 45.4 Å². The van der Waals surface area contributed by atoms with Crippen LogP contribution in [0.25, 0.3) is 0 Å². The third kappa shape index (κ3) is 8.60. The molecule has 0 aromatic heterocycles. The van der Waals surface area contributed by atoms with E-state index in [4.69, 9.17) is 9.84 Å². The quantitative estimate of drug-likeness (QED) is 0.260. The maximum absolute atomic E-state index is 13.7. The molecule has 3 fully saturated rings. The van der Waals surface area contributed by atoms with Gasteiger partial charge in [0.15, 0.2) is 0 Å². The van der Waals surface area contributed by atoms with Crippen LogP contribution < -0.4 is 10.1 Å². The van der Waals surface area contributed by atoms with Crippen molar-refractivity contribution < 1.29 is 29.3 Å². The lowest BCUT2D eigenvalue weighted by Gasteiger charge is -2.52. The Morgan fingerprint density at radius 1 is 0.952 bits per heavy atom. The summed E-state index contributed by atoms with van der Waals surface area (Å²) >= 11 is 0. The molecule has 3 aliphatic rings. The van der Waals surface area contributed by atoms with Crippen LogP contribution in [-0.2, 0) is 9.59 Å². The van der Waals surface area contributed by atoms with E-state index < -0.39 is 23.2 Å². The summed E-state index contributed by atoms with van der Waals surface area (Å²) in [5.74, 6) is -0.296. The fourth-order valence-corrected chi connectivity index (χ4v) is 6.77. The van der Waals surface area contributed by atoms with Crippen LogP contribution >= 0.6 is 12.4 Å². The second-order valence-electron chi connectivity index (χ2n) is 12.3. The number of rotatable bonds is 14. The van der Waals surface area contributed by atoms with Crippen LogP contribution in [0.4, 0.5) is 0 Å². The number of carboxylic acids is 1. The van der Waals surface area contributed by atoms with Crippen molar-refractivity contribution in [3.63, 3.8) is 0 Å². The van der Waals surface area contributed by atoms with Gasteiger partial charge in [-0.3, -0.25) is 9.59 Å². The highest BCUT2D eigenvalue weighted by Gasteiger charge is 2.54. The van der Waals surface area contributed by atoms with Crippen molar-refractivity contribution in [2.45, 2.75) is 114 Å². The summed E-state index contributed by atoms with van der Waals surface area (Å²) in [5, 5.41) is 23.1. The fraction of sp³-hybridized carbons (Fsp3) is 0.719. The number of hydrogen-bond acceptors (Lipinski definition) is 6. The van der Waals surface area contributed by atoms with Gasteiger partial charge in [0.05, 0.1) is 17.8 Å². The molecular weight excluding hydrogens is 558 g/mol. The number of piperidine rings is 1. The molecule has 1 atom stereocenters. The van der Waals surface area contributed by atoms with Crippen LogP contribution in [0.5, 0.6) is 5.75 Å². The molecule has 1 aromatic carbocycles. The van der Waals surface area contributed by atoms with Gasteiger partial charge in [-0.25, -0.2) is 4.79 Å². The number of nitrogens with zero attached hydrogens (tertiary/aromatic N) is 2. The average Bonchev–Trinajstić information content (AvgIpc) is 2.97. The molecule has 1 aliphatic carbocycles. The number of aromatic carboxylic acids is 1. The standard InChI is InChI=1S/C32H49N3O6.ClH/c1-2-3-20-35-28(36)27(24-31(40)15-7-6-8-16-31)33-30(39)32(35)17-21-34(22-18-32)19-9-4-5-10-23-41-26-13-11-25(12-14-26)29(37)38;/h11-14,27,40H,2-10,15-24H2,1H3,(H,33,39)(H,37,38);1H/t27-;/m1./s1. The highest BCUT2D eigenvalue weighted by Crippen LogP contribution is 2.37. The lowest BCUT2D eigenvalue weighted by Crippen LogP contribution is -2.73. The van der Waals surface area contributed by atoms with Crippen molar-refractivity contribution in [1.29, 1.82) is 0 Å². The zero-order chi connectivity index (χ0) is 29.3. The second kappa shape index (κ2) is 15.9. The number of halogens is 1. The summed E-state index contributed by atoms with van der Waals surface area (Å²) in [6, 6.07) is 5.86. The molecule has 1 saturated carbocycles. The van der Waals surface area contributed by atoms with Gasteiger partial charge in [-0.2, -0.15) is 0 Å². The van der Waals surface area contributed by atoms with Gasteiger partial charge in [-0.15, -0.1) is 12.4 Å². The Labute approximate surface area is 256 Å². The number of piperazine rings is 1. The maximum atomic E-state index is 13.7. The average molecular weight is 608 g/mol. The SMILES string of the molecule is CCCCN1C(=O)[C@@H](CC2(O)CCCCC2)NC(=O)C12CCN(CCCCCCOc1ccc(C(=O)O)cc1)CC2.Cl. The molecule has 42 heavy (non-hydrogen) atoms. The molecule has 9 nitrogen and oxygen atoms in total. The number of carbonyl (C=O) groups is 3. The van der Waals surface area contributed by atoms with Crippen molar-refractivity contribution in [2.24, 2.45) is 0 Å². The Balaban J connectivity index is 0.00000484. The predicted octanol–water partition coefficient (Wildman–Crippen LogP) is 4.79. The molecule has 1 aromatic rings. The Hall–Kier alpha value is -2.36. The van der Waals surface area contributed by atoms with E-state index in [0.717, 1.165) is 77.4 Å². The number of unbranched alkanes of at least 4 members (excludes halogenated alkanes) is 4. The molecular formula is C32H50ClN3O6. The summed E-state index contributed by atoms with van der Waals surface area (Å²) in [6.45, 7) is 5.89. The molecule has 10 heteroatoms. The molecule has 1 spiro atoms. The Morgan fingerprint density at radius 2 is 1.62 bits per heavy atom. The molecule has 4 rings (SSSR count). The molecule has 2 amide bonds. The van der Waals surface area contributed by atoms with Crippen molar-refractivity contribution in [3.8, 4) is 5.75 Å². The van der Waals surface area contributed by atoms with Crippen molar-refractivity contribution in [2.75, 3.05) is 32.8 Å². The zero-order valence-corrected chi connectivity index (χ0v) is 26.0. The summed E-state index contributed by atoms with van der Waals surface area (Å²) in [7, 11) is 0. The number of amides is 2. The second-order valence-corrected chi connectivity index (χ2v) is 12.3. The summed E-state index contributed by atoms with van der Waals surface area (Å²) in [6.07, 6.45) is 12.1. The van der Waals surface area contributed by atoms with Gasteiger partial charge in [0.2, 0.25) is 11.8 Å². The maximum Gasteiger partial charge on any atom is 0.335 e. The van der Waals surface area contributed by atoms with Gasteiger partial charge in [0.1, 0.15) is 17.3 Å². The molecule has 236 valence electrons. The van der Waals surface area contributed by atoms with Crippen molar-refractivity contribution in [3.05, 3.63) is 29.8 Å².